The molecule has 0 aliphatic heterocycles. The Morgan fingerprint density at radius 2 is 1.90 bits per heavy atom. The number of rotatable bonds is 3. The fraction of sp³-hybridized carbons (Fsp3) is 0.0714. The monoisotopic (exact) mass is 359 g/mol. The lowest BCUT2D eigenvalue weighted by Gasteiger charge is -2.07. The molecule has 0 bridgehead atoms. The minimum atomic E-state index is -0.940. The Morgan fingerprint density at radius 1 is 1.15 bits per heavy atom. The van der Waals surface area contributed by atoms with Gasteiger partial charge in [0.1, 0.15) is 0 Å². The van der Waals surface area contributed by atoms with Gasteiger partial charge in [-0.1, -0.05) is 17.7 Å². The van der Waals surface area contributed by atoms with Crippen LogP contribution in [0, 0.1) is 11.6 Å². The second kappa shape index (κ2) is 6.33. The van der Waals surface area contributed by atoms with Gasteiger partial charge in [0.05, 0.1) is 5.56 Å². The topological polar surface area (TPSA) is 29.1 Å². The van der Waals surface area contributed by atoms with E-state index in [0.29, 0.717) is 20.6 Å². The summed E-state index contributed by atoms with van der Waals surface area (Å²) in [6.07, 6.45) is 0. The van der Waals surface area contributed by atoms with Crippen LogP contribution in [-0.4, -0.2) is 5.91 Å². The lowest BCUT2D eigenvalue weighted by molar-refractivity contribution is 0.0950. The van der Waals surface area contributed by atoms with Gasteiger partial charge in [-0.05, 0) is 51.8 Å². The van der Waals surface area contributed by atoms with Crippen molar-refractivity contribution < 1.29 is 13.6 Å². The van der Waals surface area contributed by atoms with Crippen LogP contribution in [0.25, 0.3) is 0 Å². The Labute approximate surface area is 127 Å². The normalized spacial score (nSPS) is 10.4. The lowest BCUT2D eigenvalue weighted by Crippen LogP contribution is -2.23. The zero-order valence-electron chi connectivity index (χ0n) is 10.1. The summed E-state index contributed by atoms with van der Waals surface area (Å²) in [5.41, 5.74) is 0.888. The first kappa shape index (κ1) is 14.9. The number of amides is 1. The van der Waals surface area contributed by atoms with Crippen molar-refractivity contribution in [3.8, 4) is 0 Å². The van der Waals surface area contributed by atoms with Crippen molar-refractivity contribution in [1.82, 2.24) is 5.32 Å². The molecule has 2 nitrogen and oxygen atoms in total. The summed E-state index contributed by atoms with van der Waals surface area (Å²) < 4.78 is 26.4. The first-order valence-electron chi connectivity index (χ1n) is 5.64. The molecule has 0 saturated carbocycles. The first-order valence-corrected chi connectivity index (χ1v) is 6.81. The van der Waals surface area contributed by atoms with E-state index in [1.54, 1.807) is 18.2 Å². The van der Waals surface area contributed by atoms with Gasteiger partial charge in [0.2, 0.25) is 0 Å². The van der Waals surface area contributed by atoms with E-state index in [2.05, 4.69) is 21.2 Å². The van der Waals surface area contributed by atoms with Gasteiger partial charge in [-0.25, -0.2) is 8.78 Å². The molecule has 0 saturated heterocycles. The first-order chi connectivity index (χ1) is 9.47. The third-order valence-corrected chi connectivity index (χ3v) is 3.50. The van der Waals surface area contributed by atoms with Crippen molar-refractivity contribution in [2.24, 2.45) is 0 Å². The summed E-state index contributed by atoms with van der Waals surface area (Å²) in [6.45, 7) is 0.102. The highest BCUT2D eigenvalue weighted by Gasteiger charge is 2.10. The maximum atomic E-state index is 13.0. The van der Waals surface area contributed by atoms with Gasteiger partial charge in [-0.3, -0.25) is 4.79 Å². The SMILES string of the molecule is O=C(NCc1ccc(F)c(F)c1)c1ccc(Cl)cc1Br. The predicted octanol–water partition coefficient (Wildman–Crippen LogP) is 4.31. The molecule has 0 heterocycles. The van der Waals surface area contributed by atoms with Gasteiger partial charge in [0.25, 0.3) is 5.91 Å². The van der Waals surface area contributed by atoms with Crippen molar-refractivity contribution >= 4 is 33.4 Å². The Hall–Kier alpha value is -1.46. The lowest BCUT2D eigenvalue weighted by atomic mass is 10.2. The van der Waals surface area contributed by atoms with Crippen molar-refractivity contribution in [2.45, 2.75) is 6.54 Å². The van der Waals surface area contributed by atoms with Gasteiger partial charge in [0.15, 0.2) is 11.6 Å². The van der Waals surface area contributed by atoms with E-state index in [1.165, 1.54) is 6.07 Å². The predicted molar refractivity (Wildman–Crippen MR) is 76.7 cm³/mol. The van der Waals surface area contributed by atoms with Gasteiger partial charge >= 0.3 is 0 Å². The standard InChI is InChI=1S/C14H9BrClF2NO/c15-11-6-9(16)2-3-10(11)14(20)19-7-8-1-4-12(17)13(18)5-8/h1-6H,7H2,(H,19,20). The minimum absolute atomic E-state index is 0.102. The molecule has 2 aromatic carbocycles. The highest BCUT2D eigenvalue weighted by Crippen LogP contribution is 2.21. The Bertz CT molecular complexity index is 664. The molecule has 104 valence electrons. The summed E-state index contributed by atoms with van der Waals surface area (Å²) in [5.74, 6) is -2.19. The summed E-state index contributed by atoms with van der Waals surface area (Å²) >= 11 is 9.03. The smallest absolute Gasteiger partial charge is 0.252 e. The van der Waals surface area contributed by atoms with E-state index in [4.69, 9.17) is 11.6 Å². The minimum Gasteiger partial charge on any atom is -0.348 e. The maximum Gasteiger partial charge on any atom is 0.252 e. The molecule has 0 radical (unpaired) electrons. The number of carbonyl (C=O) groups excluding carboxylic acids is 1. The van der Waals surface area contributed by atoms with E-state index in [9.17, 15) is 13.6 Å². The zero-order valence-corrected chi connectivity index (χ0v) is 12.4. The third-order valence-electron chi connectivity index (χ3n) is 2.61. The van der Waals surface area contributed by atoms with E-state index in [1.807, 2.05) is 0 Å². The number of benzene rings is 2. The molecule has 1 amide bonds. The van der Waals surface area contributed by atoms with Gasteiger partial charge in [0, 0.05) is 16.0 Å². The fourth-order valence-corrected chi connectivity index (χ4v) is 2.46. The van der Waals surface area contributed by atoms with Crippen molar-refractivity contribution in [1.29, 1.82) is 0 Å². The zero-order chi connectivity index (χ0) is 14.7. The van der Waals surface area contributed by atoms with Crippen LogP contribution < -0.4 is 5.32 Å². The Balaban J connectivity index is 2.06. The van der Waals surface area contributed by atoms with E-state index in [-0.39, 0.29) is 12.5 Å². The fourth-order valence-electron chi connectivity index (χ4n) is 1.60. The van der Waals surface area contributed by atoms with Crippen molar-refractivity contribution in [3.63, 3.8) is 0 Å². The number of hydrogen-bond acceptors (Lipinski definition) is 1. The highest BCUT2D eigenvalue weighted by atomic mass is 79.9. The van der Waals surface area contributed by atoms with Crippen LogP contribution in [0.15, 0.2) is 40.9 Å². The van der Waals surface area contributed by atoms with Gasteiger partial charge in [-0.2, -0.15) is 0 Å². The van der Waals surface area contributed by atoms with Crippen molar-refractivity contribution in [2.75, 3.05) is 0 Å². The van der Waals surface area contributed by atoms with Crippen LogP contribution in [0.4, 0.5) is 8.78 Å². The molecule has 0 fully saturated rings. The quantitative estimate of drug-likeness (QED) is 0.868. The molecule has 1 N–H and O–H groups in total. The molecular formula is C14H9BrClF2NO. The van der Waals surface area contributed by atoms with Crippen molar-refractivity contribution in [3.05, 3.63) is 68.7 Å². The molecule has 0 spiro atoms. The van der Waals surface area contributed by atoms with Crippen LogP contribution in [0.5, 0.6) is 0 Å². The third kappa shape index (κ3) is 3.55. The van der Waals surface area contributed by atoms with E-state index < -0.39 is 11.6 Å². The number of carbonyl (C=O) groups is 1. The largest absolute Gasteiger partial charge is 0.348 e. The molecule has 0 aliphatic rings. The van der Waals surface area contributed by atoms with Crippen LogP contribution in [0.3, 0.4) is 0 Å². The number of halogens is 4. The average Bonchev–Trinajstić information content (AvgIpc) is 2.40. The number of nitrogens with one attached hydrogen (secondary N) is 1. The second-order valence-electron chi connectivity index (χ2n) is 4.06. The van der Waals surface area contributed by atoms with Crippen LogP contribution in [0.2, 0.25) is 5.02 Å². The van der Waals surface area contributed by atoms with Crippen LogP contribution in [0.1, 0.15) is 15.9 Å². The average molecular weight is 361 g/mol. The Kier molecular flexibility index (Phi) is 4.73. The summed E-state index contributed by atoms with van der Waals surface area (Å²) in [7, 11) is 0. The van der Waals surface area contributed by atoms with Gasteiger partial charge < -0.3 is 5.32 Å². The maximum absolute atomic E-state index is 13.0. The summed E-state index contributed by atoms with van der Waals surface area (Å²) in [4.78, 5) is 11.9. The molecule has 0 aromatic heterocycles. The molecule has 0 unspecified atom stereocenters. The van der Waals surface area contributed by atoms with Gasteiger partial charge in [-0.15, -0.1) is 0 Å². The molecule has 0 aliphatic carbocycles. The molecule has 0 atom stereocenters. The summed E-state index contributed by atoms with van der Waals surface area (Å²) in [5, 5.41) is 3.13. The number of hydrogen-bond donors (Lipinski definition) is 1. The van der Waals surface area contributed by atoms with Crippen LogP contribution >= 0.6 is 27.5 Å². The van der Waals surface area contributed by atoms with E-state index in [0.717, 1.165) is 12.1 Å². The van der Waals surface area contributed by atoms with E-state index >= 15 is 0 Å². The van der Waals surface area contributed by atoms with Crippen LogP contribution in [-0.2, 0) is 6.54 Å². The molecule has 20 heavy (non-hydrogen) atoms. The molecular weight excluding hydrogens is 352 g/mol. The highest BCUT2D eigenvalue weighted by molar-refractivity contribution is 9.10. The Morgan fingerprint density at radius 3 is 2.55 bits per heavy atom. The molecule has 2 aromatic rings. The summed E-state index contributed by atoms with van der Waals surface area (Å²) in [6, 6.07) is 8.26. The molecule has 2 rings (SSSR count). The molecule has 6 heteroatoms. The second-order valence-corrected chi connectivity index (χ2v) is 5.35.